The molecule has 0 radical (unpaired) electrons. The molecule has 30 heavy (non-hydrogen) atoms. The monoisotopic (exact) mass is 454 g/mol. The third kappa shape index (κ3) is 2.49. The molecule has 0 saturated carbocycles. The van der Waals surface area contributed by atoms with Crippen LogP contribution >= 0.6 is 15.9 Å². The number of rotatable bonds is 2. The number of halogens is 1. The number of para-hydroxylation sites is 3. The van der Waals surface area contributed by atoms with Gasteiger partial charge in [0.15, 0.2) is 0 Å². The van der Waals surface area contributed by atoms with Crippen LogP contribution in [0.4, 0.5) is 0 Å². The average Bonchev–Trinajstić information content (AvgIpc) is 3.32. The molecule has 0 spiro atoms. The minimum atomic E-state index is 0.130. The van der Waals surface area contributed by atoms with Crippen LogP contribution in [0.1, 0.15) is 0 Å². The summed E-state index contributed by atoms with van der Waals surface area (Å²) in [7, 11) is 0. The zero-order valence-electron chi connectivity index (χ0n) is 15.7. The summed E-state index contributed by atoms with van der Waals surface area (Å²) in [5.74, 6) is 0.804. The van der Waals surface area contributed by atoms with Crippen molar-refractivity contribution < 1.29 is 9.52 Å². The maximum atomic E-state index is 10.9. The zero-order valence-corrected chi connectivity index (χ0v) is 17.3. The molecule has 0 aliphatic carbocycles. The van der Waals surface area contributed by atoms with Crippen LogP contribution in [-0.4, -0.2) is 14.7 Å². The van der Waals surface area contributed by atoms with Gasteiger partial charge in [-0.25, -0.2) is 4.98 Å². The first-order chi connectivity index (χ1) is 14.7. The van der Waals surface area contributed by atoms with Gasteiger partial charge < -0.3 is 9.52 Å². The molecule has 144 valence electrons. The van der Waals surface area contributed by atoms with E-state index in [1.165, 1.54) is 0 Å². The first-order valence-corrected chi connectivity index (χ1v) is 10.4. The predicted octanol–water partition coefficient (Wildman–Crippen LogP) is 7.06. The van der Waals surface area contributed by atoms with Crippen molar-refractivity contribution >= 4 is 48.9 Å². The molecule has 0 bridgehead atoms. The topological polar surface area (TPSA) is 51.2 Å². The molecule has 5 heteroatoms. The lowest BCUT2D eigenvalue weighted by atomic mass is 10.1. The Hall–Kier alpha value is -3.57. The summed E-state index contributed by atoms with van der Waals surface area (Å²) in [4.78, 5) is 4.92. The van der Waals surface area contributed by atoms with Gasteiger partial charge in [0.2, 0.25) is 0 Å². The van der Waals surface area contributed by atoms with E-state index < -0.39 is 0 Å². The molecule has 2 aromatic heterocycles. The highest BCUT2D eigenvalue weighted by molar-refractivity contribution is 9.10. The quantitative estimate of drug-likeness (QED) is 0.304. The average molecular weight is 455 g/mol. The van der Waals surface area contributed by atoms with Crippen LogP contribution in [0.15, 0.2) is 93.8 Å². The lowest BCUT2D eigenvalue weighted by molar-refractivity contribution is 0.476. The summed E-state index contributed by atoms with van der Waals surface area (Å²) in [5, 5.41) is 12.9. The number of imidazole rings is 1. The van der Waals surface area contributed by atoms with E-state index in [0.29, 0.717) is 17.0 Å². The molecule has 4 aromatic carbocycles. The smallest absolute Gasteiger partial charge is 0.149 e. The molecule has 6 aromatic rings. The molecule has 0 unspecified atom stereocenters. The largest absolute Gasteiger partial charge is 0.507 e. The summed E-state index contributed by atoms with van der Waals surface area (Å²) in [6.45, 7) is 0. The van der Waals surface area contributed by atoms with Crippen molar-refractivity contribution in [3.05, 3.63) is 89.4 Å². The Kier molecular flexibility index (Phi) is 3.73. The zero-order chi connectivity index (χ0) is 20.2. The first kappa shape index (κ1) is 17.3. The molecule has 0 aliphatic heterocycles. The molecule has 6 rings (SSSR count). The summed E-state index contributed by atoms with van der Waals surface area (Å²) in [6.07, 6.45) is 0. The Morgan fingerprint density at radius 3 is 2.47 bits per heavy atom. The van der Waals surface area contributed by atoms with Gasteiger partial charge in [0.25, 0.3) is 0 Å². The number of furan rings is 1. The van der Waals surface area contributed by atoms with E-state index >= 15 is 0 Å². The van der Waals surface area contributed by atoms with E-state index in [1.807, 2.05) is 78.9 Å². The van der Waals surface area contributed by atoms with E-state index in [9.17, 15) is 5.11 Å². The summed E-state index contributed by atoms with van der Waals surface area (Å²) < 4.78 is 8.90. The van der Waals surface area contributed by atoms with Gasteiger partial charge in [0.1, 0.15) is 28.3 Å². The standard InChI is InChI=1S/C25H15BrN2O2/c26-19-10-6-11-20-24(19)27-25(28(20)15-7-2-1-3-8-15)18-13-17-16-9-4-5-12-22(16)30-23(17)14-21(18)29/h1-14,29H. The number of phenolic OH excluding ortho intramolecular Hbond substituents is 1. The highest BCUT2D eigenvalue weighted by Crippen LogP contribution is 2.40. The molecular formula is C25H15BrN2O2. The van der Waals surface area contributed by atoms with Gasteiger partial charge in [-0.05, 0) is 52.3 Å². The van der Waals surface area contributed by atoms with Crippen LogP contribution in [0, 0.1) is 0 Å². The van der Waals surface area contributed by atoms with Crippen molar-refractivity contribution in [3.63, 3.8) is 0 Å². The summed E-state index contributed by atoms with van der Waals surface area (Å²) >= 11 is 3.62. The minimum absolute atomic E-state index is 0.130. The minimum Gasteiger partial charge on any atom is -0.507 e. The Balaban J connectivity index is 1.73. The fraction of sp³-hybridized carbons (Fsp3) is 0. The van der Waals surface area contributed by atoms with Gasteiger partial charge in [0.05, 0.1) is 11.1 Å². The third-order valence-electron chi connectivity index (χ3n) is 5.39. The van der Waals surface area contributed by atoms with Gasteiger partial charge in [-0.3, -0.25) is 4.57 Å². The lowest BCUT2D eigenvalue weighted by Gasteiger charge is -2.11. The van der Waals surface area contributed by atoms with Crippen molar-refractivity contribution in [1.82, 2.24) is 9.55 Å². The molecule has 0 saturated heterocycles. The Morgan fingerprint density at radius 2 is 1.60 bits per heavy atom. The molecule has 4 nitrogen and oxygen atoms in total. The predicted molar refractivity (Wildman–Crippen MR) is 123 cm³/mol. The van der Waals surface area contributed by atoms with Gasteiger partial charge in [-0.15, -0.1) is 0 Å². The van der Waals surface area contributed by atoms with Crippen molar-refractivity contribution in [2.24, 2.45) is 0 Å². The highest BCUT2D eigenvalue weighted by Gasteiger charge is 2.20. The fourth-order valence-corrected chi connectivity index (χ4v) is 4.47. The van der Waals surface area contributed by atoms with Crippen molar-refractivity contribution in [3.8, 4) is 22.8 Å². The van der Waals surface area contributed by atoms with Crippen molar-refractivity contribution in [2.45, 2.75) is 0 Å². The Morgan fingerprint density at radius 1 is 0.800 bits per heavy atom. The maximum absolute atomic E-state index is 10.9. The van der Waals surface area contributed by atoms with Gasteiger partial charge in [-0.2, -0.15) is 0 Å². The third-order valence-corrected chi connectivity index (χ3v) is 6.03. The normalized spacial score (nSPS) is 11.6. The van der Waals surface area contributed by atoms with E-state index in [0.717, 1.165) is 37.5 Å². The number of aromatic nitrogens is 2. The van der Waals surface area contributed by atoms with Crippen molar-refractivity contribution in [2.75, 3.05) is 0 Å². The molecule has 1 N–H and O–H groups in total. The van der Waals surface area contributed by atoms with Gasteiger partial charge in [-0.1, -0.05) is 42.5 Å². The summed E-state index contributed by atoms with van der Waals surface area (Å²) in [5.41, 5.74) is 4.88. The number of phenols is 1. The summed E-state index contributed by atoms with van der Waals surface area (Å²) in [6, 6.07) is 27.6. The van der Waals surface area contributed by atoms with Gasteiger partial charge in [0, 0.05) is 27.0 Å². The SMILES string of the molecule is Oc1cc2oc3ccccc3c2cc1-c1nc2c(Br)cccc2n1-c1ccccc1. The van der Waals surface area contributed by atoms with Crippen LogP contribution in [0.5, 0.6) is 5.75 Å². The lowest BCUT2D eigenvalue weighted by Crippen LogP contribution is -1.97. The number of benzene rings is 4. The van der Waals surface area contributed by atoms with Gasteiger partial charge >= 0.3 is 0 Å². The van der Waals surface area contributed by atoms with Crippen molar-refractivity contribution in [1.29, 1.82) is 0 Å². The Bertz CT molecular complexity index is 1560. The van der Waals surface area contributed by atoms with E-state index in [4.69, 9.17) is 9.40 Å². The molecule has 0 amide bonds. The second-order valence-corrected chi connectivity index (χ2v) is 8.03. The maximum Gasteiger partial charge on any atom is 0.149 e. The second kappa shape index (κ2) is 6.47. The molecule has 0 atom stereocenters. The molecule has 0 aliphatic rings. The second-order valence-electron chi connectivity index (χ2n) is 7.18. The van der Waals surface area contributed by atoms with E-state index in [-0.39, 0.29) is 5.75 Å². The van der Waals surface area contributed by atoms with Crippen LogP contribution < -0.4 is 0 Å². The highest BCUT2D eigenvalue weighted by atomic mass is 79.9. The van der Waals surface area contributed by atoms with Crippen LogP contribution in [0.3, 0.4) is 0 Å². The number of hydrogen-bond acceptors (Lipinski definition) is 3. The number of aromatic hydroxyl groups is 1. The number of nitrogens with zero attached hydrogens (tertiary/aromatic N) is 2. The molecule has 0 fully saturated rings. The van der Waals surface area contributed by atoms with Crippen LogP contribution in [0.25, 0.3) is 50.0 Å². The molecular weight excluding hydrogens is 440 g/mol. The van der Waals surface area contributed by atoms with E-state index in [1.54, 1.807) is 6.07 Å². The van der Waals surface area contributed by atoms with Crippen LogP contribution in [0.2, 0.25) is 0 Å². The number of fused-ring (bicyclic) bond motifs is 4. The fourth-order valence-electron chi connectivity index (χ4n) is 4.02. The molecule has 2 heterocycles. The first-order valence-electron chi connectivity index (χ1n) is 9.58. The van der Waals surface area contributed by atoms with E-state index in [2.05, 4.69) is 20.5 Å². The van der Waals surface area contributed by atoms with Crippen LogP contribution in [-0.2, 0) is 0 Å². The number of hydrogen-bond donors (Lipinski definition) is 1. The Labute approximate surface area is 180 Å².